The van der Waals surface area contributed by atoms with Gasteiger partial charge in [0.05, 0.1) is 0 Å². The van der Waals surface area contributed by atoms with Crippen molar-refractivity contribution in [3.8, 4) is 0 Å². The van der Waals surface area contributed by atoms with Gasteiger partial charge < -0.3 is 20.4 Å². The van der Waals surface area contributed by atoms with Gasteiger partial charge in [0.15, 0.2) is 0 Å². The van der Waals surface area contributed by atoms with E-state index in [1.54, 1.807) is 0 Å². The molecule has 8 heteroatoms. The van der Waals surface area contributed by atoms with Gasteiger partial charge in [-0.1, -0.05) is 44.3 Å². The van der Waals surface area contributed by atoms with Crippen molar-refractivity contribution in [1.29, 1.82) is 0 Å². The summed E-state index contributed by atoms with van der Waals surface area (Å²) in [5.74, 6) is -1.18. The lowest BCUT2D eigenvalue weighted by atomic mass is 10.1. The summed E-state index contributed by atoms with van der Waals surface area (Å²) >= 11 is 0. The van der Waals surface area contributed by atoms with Crippen molar-refractivity contribution in [2.75, 3.05) is 19.8 Å². The Morgan fingerprint density at radius 3 is 1.85 bits per heavy atom. The van der Waals surface area contributed by atoms with Crippen molar-refractivity contribution in [1.82, 2.24) is 10.6 Å². The smallest absolute Gasteiger partial charge is 0.325 e. The van der Waals surface area contributed by atoms with Crippen LogP contribution in [0.1, 0.15) is 70.6 Å². The standard InChI is InChI=1S/C18H35N2O5P/c1-19-17(21)18(22)20-15-13-11-9-7-5-3-2-4-6-8-10-12-14-16-26(23,24)25/h5,7H,2-4,6,8-16H2,1H3,(H,19,21)(H,20,22)(H2,23,24,25)/b7-5-. The topological polar surface area (TPSA) is 116 Å². The maximum atomic E-state index is 11.2. The Morgan fingerprint density at radius 2 is 1.31 bits per heavy atom. The average molecular weight is 390 g/mol. The fourth-order valence-electron chi connectivity index (χ4n) is 2.48. The number of unbranched alkanes of at least 4 members (excludes halogenated alkanes) is 9. The highest BCUT2D eigenvalue weighted by Crippen LogP contribution is 2.35. The quantitative estimate of drug-likeness (QED) is 0.148. The zero-order valence-electron chi connectivity index (χ0n) is 15.9. The van der Waals surface area contributed by atoms with Crippen LogP contribution in [-0.2, 0) is 14.2 Å². The molecule has 0 aliphatic carbocycles. The number of likely N-dealkylation sites (N-methyl/N-ethyl adjacent to an activating group) is 1. The lowest BCUT2D eigenvalue weighted by Gasteiger charge is -2.03. The number of allylic oxidation sites excluding steroid dienone is 2. The summed E-state index contributed by atoms with van der Waals surface area (Å²) in [6.45, 7) is 0.522. The highest BCUT2D eigenvalue weighted by Gasteiger charge is 2.11. The largest absolute Gasteiger partial charge is 0.351 e. The van der Waals surface area contributed by atoms with Gasteiger partial charge in [-0.3, -0.25) is 14.2 Å². The fraction of sp³-hybridized carbons (Fsp3) is 0.778. The first-order valence-electron chi connectivity index (χ1n) is 9.56. The van der Waals surface area contributed by atoms with Gasteiger partial charge >= 0.3 is 19.4 Å². The molecule has 0 bridgehead atoms. The molecule has 0 saturated heterocycles. The second kappa shape index (κ2) is 16.0. The number of rotatable bonds is 15. The molecule has 0 rings (SSSR count). The SMILES string of the molecule is CNC(=O)C(=O)NCCCC/C=C\CCCCCCCCCP(=O)(O)O. The Morgan fingerprint density at radius 1 is 0.808 bits per heavy atom. The number of amides is 2. The number of hydrogen-bond donors (Lipinski definition) is 4. The third-order valence-corrected chi connectivity index (χ3v) is 4.90. The molecule has 0 aromatic carbocycles. The maximum absolute atomic E-state index is 11.2. The average Bonchev–Trinajstić information content (AvgIpc) is 2.59. The third kappa shape index (κ3) is 17.6. The van der Waals surface area contributed by atoms with Crippen LogP contribution in [-0.4, -0.2) is 41.4 Å². The van der Waals surface area contributed by atoms with E-state index >= 15 is 0 Å². The Labute approximate surface area is 157 Å². The molecule has 0 aliphatic heterocycles. The van der Waals surface area contributed by atoms with Crippen molar-refractivity contribution in [3.63, 3.8) is 0 Å². The van der Waals surface area contributed by atoms with Gasteiger partial charge in [0.2, 0.25) is 0 Å². The van der Waals surface area contributed by atoms with Gasteiger partial charge in [-0.05, 0) is 38.5 Å². The van der Waals surface area contributed by atoms with Crippen molar-refractivity contribution in [2.45, 2.75) is 70.6 Å². The summed E-state index contributed by atoms with van der Waals surface area (Å²) in [5, 5.41) is 4.85. The second-order valence-corrected chi connectivity index (χ2v) is 8.23. The first-order valence-corrected chi connectivity index (χ1v) is 11.4. The fourth-order valence-corrected chi connectivity index (χ4v) is 3.12. The molecule has 2 amide bonds. The Hall–Kier alpha value is -1.17. The predicted molar refractivity (Wildman–Crippen MR) is 104 cm³/mol. The van der Waals surface area contributed by atoms with Gasteiger partial charge in [0.25, 0.3) is 0 Å². The lowest BCUT2D eigenvalue weighted by molar-refractivity contribution is -0.138. The van der Waals surface area contributed by atoms with Crippen LogP contribution in [0.5, 0.6) is 0 Å². The van der Waals surface area contributed by atoms with Crippen LogP contribution in [0.2, 0.25) is 0 Å². The van der Waals surface area contributed by atoms with E-state index in [-0.39, 0.29) is 6.16 Å². The molecule has 4 N–H and O–H groups in total. The van der Waals surface area contributed by atoms with E-state index in [1.807, 2.05) is 0 Å². The summed E-state index contributed by atoms with van der Waals surface area (Å²) in [6.07, 6.45) is 15.5. The normalized spacial score (nSPS) is 11.7. The zero-order chi connectivity index (χ0) is 19.7. The molecule has 0 heterocycles. The summed E-state index contributed by atoms with van der Waals surface area (Å²) in [7, 11) is -2.37. The molecule has 0 saturated carbocycles. The van der Waals surface area contributed by atoms with Gasteiger partial charge in [-0.2, -0.15) is 0 Å². The summed E-state index contributed by atoms with van der Waals surface area (Å²) in [6, 6.07) is 0. The molecule has 0 aliphatic rings. The van der Waals surface area contributed by atoms with Crippen molar-refractivity contribution in [3.05, 3.63) is 12.2 Å². The summed E-state index contributed by atoms with van der Waals surface area (Å²) in [5.41, 5.74) is 0. The first-order chi connectivity index (χ1) is 12.4. The van der Waals surface area contributed by atoms with Gasteiger partial charge in [-0.25, -0.2) is 0 Å². The van der Waals surface area contributed by atoms with E-state index in [2.05, 4.69) is 22.8 Å². The summed E-state index contributed by atoms with van der Waals surface area (Å²) in [4.78, 5) is 39.6. The van der Waals surface area contributed by atoms with Crippen LogP contribution < -0.4 is 10.6 Å². The van der Waals surface area contributed by atoms with E-state index in [0.717, 1.165) is 44.9 Å². The highest BCUT2D eigenvalue weighted by atomic mass is 31.2. The second-order valence-electron chi connectivity index (χ2n) is 6.45. The van der Waals surface area contributed by atoms with Gasteiger partial charge in [0.1, 0.15) is 0 Å². The molecule has 26 heavy (non-hydrogen) atoms. The molecule has 0 radical (unpaired) electrons. The molecule has 0 aromatic rings. The van der Waals surface area contributed by atoms with E-state index in [4.69, 9.17) is 9.79 Å². The van der Waals surface area contributed by atoms with Crippen LogP contribution in [0.25, 0.3) is 0 Å². The Kier molecular flexibility index (Phi) is 15.3. The van der Waals surface area contributed by atoms with Crippen LogP contribution in [0.3, 0.4) is 0 Å². The molecule has 152 valence electrons. The minimum absolute atomic E-state index is 0.0121. The number of carbonyl (C=O) groups is 2. The maximum Gasteiger partial charge on any atom is 0.325 e. The number of carbonyl (C=O) groups excluding carboxylic acids is 2. The molecule has 7 nitrogen and oxygen atoms in total. The molecule has 0 unspecified atom stereocenters. The van der Waals surface area contributed by atoms with Crippen molar-refractivity contribution < 1.29 is 23.9 Å². The van der Waals surface area contributed by atoms with Crippen LogP contribution in [0.4, 0.5) is 0 Å². The zero-order valence-corrected chi connectivity index (χ0v) is 16.8. The van der Waals surface area contributed by atoms with Gasteiger partial charge in [-0.15, -0.1) is 0 Å². The number of nitrogens with one attached hydrogen (secondary N) is 2. The van der Waals surface area contributed by atoms with Crippen LogP contribution >= 0.6 is 7.60 Å². The third-order valence-electron chi connectivity index (χ3n) is 4.00. The molecule has 0 spiro atoms. The molecular weight excluding hydrogens is 355 g/mol. The van der Waals surface area contributed by atoms with Crippen LogP contribution in [0.15, 0.2) is 12.2 Å². The first kappa shape index (κ1) is 24.8. The molecule has 0 aromatic heterocycles. The minimum atomic E-state index is -3.80. The Balaban J connectivity index is 3.28. The molecular formula is C18H35N2O5P. The van der Waals surface area contributed by atoms with Crippen molar-refractivity contribution in [2.24, 2.45) is 0 Å². The summed E-state index contributed by atoms with van der Waals surface area (Å²) < 4.78 is 10.7. The molecule has 0 fully saturated rings. The van der Waals surface area contributed by atoms with Crippen molar-refractivity contribution >= 4 is 19.4 Å². The van der Waals surface area contributed by atoms with E-state index in [1.165, 1.54) is 26.3 Å². The van der Waals surface area contributed by atoms with E-state index in [9.17, 15) is 14.2 Å². The molecule has 0 atom stereocenters. The predicted octanol–water partition coefficient (Wildman–Crippen LogP) is 2.87. The van der Waals surface area contributed by atoms with Gasteiger partial charge in [0, 0.05) is 19.8 Å². The highest BCUT2D eigenvalue weighted by molar-refractivity contribution is 7.51. The van der Waals surface area contributed by atoms with E-state index in [0.29, 0.717) is 13.0 Å². The Bertz CT molecular complexity index is 462. The van der Waals surface area contributed by atoms with Crippen LogP contribution in [0, 0.1) is 0 Å². The van der Waals surface area contributed by atoms with E-state index < -0.39 is 19.4 Å². The monoisotopic (exact) mass is 390 g/mol. The number of hydrogen-bond acceptors (Lipinski definition) is 3. The minimum Gasteiger partial charge on any atom is -0.351 e. The lowest BCUT2D eigenvalue weighted by Crippen LogP contribution is -2.38.